The minimum atomic E-state index is -0.587. The van der Waals surface area contributed by atoms with Crippen molar-refractivity contribution in [3.05, 3.63) is 76.6 Å². The van der Waals surface area contributed by atoms with Gasteiger partial charge in [0.05, 0.1) is 16.1 Å². The monoisotopic (exact) mass is 455 g/mol. The molecule has 6 nitrogen and oxygen atoms in total. The van der Waals surface area contributed by atoms with E-state index in [-0.39, 0.29) is 27.3 Å². The first kappa shape index (κ1) is 20.8. The summed E-state index contributed by atoms with van der Waals surface area (Å²) in [7, 11) is 0. The van der Waals surface area contributed by atoms with Crippen LogP contribution in [0.3, 0.4) is 0 Å². The molecule has 9 heteroatoms. The molecular formula is C22H15ClFN3O3S. The number of nitrogens with zero attached hydrogens (tertiary/aromatic N) is 1. The van der Waals surface area contributed by atoms with Crippen LogP contribution in [0.1, 0.15) is 15.9 Å². The van der Waals surface area contributed by atoms with Crippen LogP contribution in [-0.4, -0.2) is 21.1 Å². The van der Waals surface area contributed by atoms with Crippen LogP contribution >= 0.6 is 23.8 Å². The maximum atomic E-state index is 13.2. The average molecular weight is 456 g/mol. The molecule has 0 aliphatic heterocycles. The number of aryl methyl sites for hydroxylation is 1. The van der Waals surface area contributed by atoms with Crippen molar-refractivity contribution in [1.29, 1.82) is 0 Å². The lowest BCUT2D eigenvalue weighted by Crippen LogP contribution is -2.34. The minimum Gasteiger partial charge on any atom is -0.507 e. The number of nitrogens with one attached hydrogen (secondary N) is 2. The molecular weight excluding hydrogens is 441 g/mol. The minimum absolute atomic E-state index is 0.00442. The highest BCUT2D eigenvalue weighted by molar-refractivity contribution is 7.80. The molecule has 0 bridgehead atoms. The average Bonchev–Trinajstić information content (AvgIpc) is 3.12. The smallest absolute Gasteiger partial charge is 0.258 e. The van der Waals surface area contributed by atoms with Crippen LogP contribution in [0.4, 0.5) is 10.1 Å². The highest BCUT2D eigenvalue weighted by Gasteiger charge is 2.15. The van der Waals surface area contributed by atoms with Gasteiger partial charge in [-0.15, -0.1) is 0 Å². The van der Waals surface area contributed by atoms with Crippen molar-refractivity contribution < 1.29 is 18.7 Å². The summed E-state index contributed by atoms with van der Waals surface area (Å²) in [6.07, 6.45) is 0. The van der Waals surface area contributed by atoms with Crippen molar-refractivity contribution in [2.45, 2.75) is 6.92 Å². The summed E-state index contributed by atoms with van der Waals surface area (Å²) in [5.74, 6) is -0.916. The van der Waals surface area contributed by atoms with Crippen LogP contribution in [0.15, 0.2) is 59.0 Å². The zero-order valence-electron chi connectivity index (χ0n) is 16.1. The molecule has 1 aromatic heterocycles. The fourth-order valence-electron chi connectivity index (χ4n) is 2.94. The van der Waals surface area contributed by atoms with E-state index in [2.05, 4.69) is 15.6 Å². The number of anilines is 1. The Morgan fingerprint density at radius 2 is 1.97 bits per heavy atom. The summed E-state index contributed by atoms with van der Waals surface area (Å²) in [5.41, 5.74) is 3.23. The second-order valence-electron chi connectivity index (χ2n) is 6.75. The highest BCUT2D eigenvalue weighted by atomic mass is 35.5. The van der Waals surface area contributed by atoms with E-state index in [1.54, 1.807) is 12.1 Å². The lowest BCUT2D eigenvalue weighted by atomic mass is 10.1. The van der Waals surface area contributed by atoms with Gasteiger partial charge in [0.15, 0.2) is 10.7 Å². The summed E-state index contributed by atoms with van der Waals surface area (Å²) in [4.78, 5) is 16.8. The number of rotatable bonds is 3. The Balaban J connectivity index is 1.53. The number of phenols is 1. The number of benzene rings is 3. The lowest BCUT2D eigenvalue weighted by Gasteiger charge is -2.11. The zero-order valence-corrected chi connectivity index (χ0v) is 17.6. The Bertz CT molecular complexity index is 1340. The number of carbonyl (C=O) groups excluding carboxylic acids is 1. The van der Waals surface area contributed by atoms with Gasteiger partial charge in [0.1, 0.15) is 17.1 Å². The molecule has 0 fully saturated rings. The molecule has 31 heavy (non-hydrogen) atoms. The number of halogens is 2. The molecule has 3 aromatic carbocycles. The predicted molar refractivity (Wildman–Crippen MR) is 121 cm³/mol. The number of thiocarbonyl (C=S) groups is 1. The van der Waals surface area contributed by atoms with Gasteiger partial charge in [-0.25, -0.2) is 9.37 Å². The summed E-state index contributed by atoms with van der Waals surface area (Å²) in [6.45, 7) is 1.95. The third-order valence-corrected chi connectivity index (χ3v) is 4.95. The molecule has 0 saturated heterocycles. The molecule has 0 atom stereocenters. The van der Waals surface area contributed by atoms with E-state index in [1.807, 2.05) is 25.1 Å². The molecule has 156 valence electrons. The van der Waals surface area contributed by atoms with E-state index in [9.17, 15) is 14.3 Å². The van der Waals surface area contributed by atoms with Gasteiger partial charge in [-0.2, -0.15) is 0 Å². The second kappa shape index (κ2) is 8.33. The number of amides is 1. The van der Waals surface area contributed by atoms with Crippen molar-refractivity contribution in [2.24, 2.45) is 0 Å². The van der Waals surface area contributed by atoms with Gasteiger partial charge in [-0.05, 0) is 73.2 Å². The van der Waals surface area contributed by atoms with Crippen LogP contribution in [-0.2, 0) is 0 Å². The van der Waals surface area contributed by atoms with Gasteiger partial charge in [-0.3, -0.25) is 10.1 Å². The van der Waals surface area contributed by atoms with E-state index in [0.717, 1.165) is 17.7 Å². The molecule has 4 rings (SSSR count). The molecule has 0 unspecified atom stereocenters. The van der Waals surface area contributed by atoms with Crippen LogP contribution < -0.4 is 10.6 Å². The van der Waals surface area contributed by atoms with Crippen molar-refractivity contribution >= 4 is 51.6 Å². The number of aromatic nitrogens is 1. The summed E-state index contributed by atoms with van der Waals surface area (Å²) in [5, 5.41) is 15.6. The van der Waals surface area contributed by atoms with Gasteiger partial charge < -0.3 is 14.8 Å². The Hall–Kier alpha value is -3.49. The third kappa shape index (κ3) is 4.50. The molecule has 4 aromatic rings. The van der Waals surface area contributed by atoms with Crippen LogP contribution in [0.5, 0.6) is 5.75 Å². The number of hydrogen-bond donors (Lipinski definition) is 3. The van der Waals surface area contributed by atoms with Crippen molar-refractivity contribution in [3.63, 3.8) is 0 Å². The number of hydrogen-bond acceptors (Lipinski definition) is 5. The number of fused-ring (bicyclic) bond motifs is 1. The lowest BCUT2D eigenvalue weighted by molar-refractivity contribution is 0.0978. The first-order chi connectivity index (χ1) is 14.8. The van der Waals surface area contributed by atoms with Crippen LogP contribution in [0, 0.1) is 12.7 Å². The topological polar surface area (TPSA) is 87.4 Å². The van der Waals surface area contributed by atoms with Crippen molar-refractivity contribution in [3.8, 4) is 17.2 Å². The quantitative estimate of drug-likeness (QED) is 0.282. The summed E-state index contributed by atoms with van der Waals surface area (Å²) < 4.78 is 18.9. The standard InChI is InChI=1S/C22H15ClFN3O3S/c1-11-2-7-19-17(8-11)26-21(30-19)15-10-13(4-6-18(15)28)25-22(31)27-20(29)14-5-3-12(24)9-16(14)23/h2-10,28H,1H3,(H2,25,27,29,31). The van der Waals surface area contributed by atoms with E-state index in [4.69, 9.17) is 28.2 Å². The normalized spacial score (nSPS) is 10.8. The van der Waals surface area contributed by atoms with Gasteiger partial charge in [-0.1, -0.05) is 17.7 Å². The molecule has 0 saturated carbocycles. The molecule has 3 N–H and O–H groups in total. The molecule has 0 aliphatic carbocycles. The van der Waals surface area contributed by atoms with Gasteiger partial charge in [0.2, 0.25) is 5.89 Å². The molecule has 0 radical (unpaired) electrons. The first-order valence-electron chi connectivity index (χ1n) is 9.08. The number of phenolic OH excluding ortho intramolecular Hbond substituents is 1. The predicted octanol–water partition coefficient (Wildman–Crippen LogP) is 5.43. The Morgan fingerprint density at radius 3 is 2.74 bits per heavy atom. The van der Waals surface area contributed by atoms with E-state index in [0.29, 0.717) is 22.4 Å². The molecule has 0 aliphatic rings. The largest absolute Gasteiger partial charge is 0.507 e. The van der Waals surface area contributed by atoms with E-state index in [1.165, 1.54) is 12.1 Å². The van der Waals surface area contributed by atoms with Crippen LogP contribution in [0.2, 0.25) is 5.02 Å². The first-order valence-corrected chi connectivity index (χ1v) is 9.87. The summed E-state index contributed by atoms with van der Waals surface area (Å²) in [6, 6.07) is 13.7. The Kier molecular flexibility index (Phi) is 5.58. The molecule has 1 amide bonds. The van der Waals surface area contributed by atoms with Gasteiger partial charge >= 0.3 is 0 Å². The van der Waals surface area contributed by atoms with E-state index < -0.39 is 11.7 Å². The van der Waals surface area contributed by atoms with E-state index >= 15 is 0 Å². The fourth-order valence-corrected chi connectivity index (χ4v) is 3.41. The second-order valence-corrected chi connectivity index (χ2v) is 7.57. The maximum Gasteiger partial charge on any atom is 0.258 e. The Morgan fingerprint density at radius 1 is 1.16 bits per heavy atom. The van der Waals surface area contributed by atoms with Crippen molar-refractivity contribution in [1.82, 2.24) is 10.3 Å². The van der Waals surface area contributed by atoms with Gasteiger partial charge in [0, 0.05) is 5.69 Å². The maximum absolute atomic E-state index is 13.2. The van der Waals surface area contributed by atoms with Crippen molar-refractivity contribution in [2.75, 3.05) is 5.32 Å². The Labute approximate surface area is 186 Å². The molecule has 0 spiro atoms. The number of aromatic hydroxyl groups is 1. The molecule has 1 heterocycles. The van der Waals surface area contributed by atoms with Crippen LogP contribution in [0.25, 0.3) is 22.6 Å². The SMILES string of the molecule is Cc1ccc2oc(-c3cc(NC(=S)NC(=O)c4ccc(F)cc4Cl)ccc3O)nc2c1. The zero-order chi connectivity index (χ0) is 22.1. The fraction of sp³-hybridized carbons (Fsp3) is 0.0455. The highest BCUT2D eigenvalue weighted by Crippen LogP contribution is 2.33. The number of carbonyl (C=O) groups is 1. The van der Waals surface area contributed by atoms with Gasteiger partial charge in [0.25, 0.3) is 5.91 Å². The summed E-state index contributed by atoms with van der Waals surface area (Å²) >= 11 is 11.1. The third-order valence-electron chi connectivity index (χ3n) is 4.43. The number of oxazole rings is 1.